The third kappa shape index (κ3) is 3.69. The van der Waals surface area contributed by atoms with Crippen molar-refractivity contribution in [3.05, 3.63) is 57.7 Å². The first-order valence-corrected chi connectivity index (χ1v) is 9.29. The summed E-state index contributed by atoms with van der Waals surface area (Å²) >= 11 is 2.30. The fraction of sp³-hybridized carbons (Fsp3) is 0.421. The number of carbonyl (C=O) groups is 1. The van der Waals surface area contributed by atoms with E-state index in [1.54, 1.807) is 0 Å². The molecule has 0 spiro atoms. The van der Waals surface area contributed by atoms with Gasteiger partial charge in [-0.3, -0.25) is 9.69 Å². The van der Waals surface area contributed by atoms with Crippen LogP contribution < -0.4 is 5.73 Å². The van der Waals surface area contributed by atoms with Gasteiger partial charge in [0.15, 0.2) is 0 Å². The van der Waals surface area contributed by atoms with E-state index in [0.29, 0.717) is 5.92 Å². The summed E-state index contributed by atoms with van der Waals surface area (Å²) in [7, 11) is 0. The van der Waals surface area contributed by atoms with Crippen LogP contribution in [0.5, 0.6) is 0 Å². The van der Waals surface area contributed by atoms with E-state index >= 15 is 0 Å². The molecule has 1 aromatic carbocycles. The summed E-state index contributed by atoms with van der Waals surface area (Å²) in [6, 6.07) is 10.6. The number of hydrogen-bond acceptors (Lipinski definition) is 2. The minimum absolute atomic E-state index is 0.171. The molecule has 2 aliphatic rings. The molecule has 1 aromatic rings. The number of allylic oxidation sites excluding steroid dienone is 3. The summed E-state index contributed by atoms with van der Waals surface area (Å²) in [5.74, 6) is 0.180. The van der Waals surface area contributed by atoms with Crippen molar-refractivity contribution in [2.24, 2.45) is 17.1 Å². The lowest BCUT2D eigenvalue weighted by Crippen LogP contribution is -2.47. The van der Waals surface area contributed by atoms with Crippen LogP contribution in [-0.2, 0) is 11.3 Å². The van der Waals surface area contributed by atoms with Gasteiger partial charge in [-0.25, -0.2) is 0 Å². The van der Waals surface area contributed by atoms with Crippen LogP contribution in [0.4, 0.5) is 0 Å². The van der Waals surface area contributed by atoms with Crippen LogP contribution in [0.2, 0.25) is 0 Å². The molecule has 1 fully saturated rings. The van der Waals surface area contributed by atoms with E-state index in [0.717, 1.165) is 38.9 Å². The molecule has 0 radical (unpaired) electrons. The molecule has 1 atom stereocenters. The number of carbonyl (C=O) groups excluding carboxylic acids is 1. The molecule has 1 aliphatic heterocycles. The maximum absolute atomic E-state index is 12.2. The van der Waals surface area contributed by atoms with Crippen molar-refractivity contribution in [2.75, 3.05) is 13.1 Å². The topological polar surface area (TPSA) is 46.3 Å². The zero-order valence-corrected chi connectivity index (χ0v) is 15.4. The Morgan fingerprint density at radius 2 is 1.96 bits per heavy atom. The molecule has 0 bridgehead atoms. The van der Waals surface area contributed by atoms with Gasteiger partial charge in [0.1, 0.15) is 0 Å². The Hall–Kier alpha value is -1.14. The predicted molar refractivity (Wildman–Crippen MR) is 102 cm³/mol. The number of nitrogens with two attached hydrogens (primary N) is 1. The molecule has 2 N–H and O–H groups in total. The van der Waals surface area contributed by atoms with E-state index in [2.05, 4.69) is 70.0 Å². The Labute approximate surface area is 151 Å². The second-order valence-corrected chi connectivity index (χ2v) is 7.81. The normalized spacial score (nSPS) is 26.0. The molecule has 122 valence electrons. The lowest BCUT2D eigenvalue weighted by atomic mass is 9.67. The van der Waals surface area contributed by atoms with Crippen LogP contribution >= 0.6 is 22.6 Å². The number of rotatable bonds is 4. The number of benzene rings is 1. The summed E-state index contributed by atoms with van der Waals surface area (Å²) in [5.41, 5.74) is 6.67. The van der Waals surface area contributed by atoms with Gasteiger partial charge < -0.3 is 5.73 Å². The van der Waals surface area contributed by atoms with Crippen molar-refractivity contribution >= 4 is 28.5 Å². The highest BCUT2D eigenvalue weighted by atomic mass is 127. The van der Waals surface area contributed by atoms with Crippen molar-refractivity contribution < 1.29 is 4.79 Å². The van der Waals surface area contributed by atoms with Crippen LogP contribution in [0.25, 0.3) is 0 Å². The first-order valence-electron chi connectivity index (χ1n) is 8.21. The number of hydrogen-bond donors (Lipinski definition) is 1. The van der Waals surface area contributed by atoms with Crippen molar-refractivity contribution in [1.82, 2.24) is 4.90 Å². The van der Waals surface area contributed by atoms with Crippen LogP contribution in [-0.4, -0.2) is 23.9 Å². The smallest absolute Gasteiger partial charge is 0.228 e. The van der Waals surface area contributed by atoms with Crippen molar-refractivity contribution in [3.63, 3.8) is 0 Å². The molecule has 23 heavy (non-hydrogen) atoms. The second-order valence-electron chi connectivity index (χ2n) is 6.57. The third-order valence-corrected chi connectivity index (χ3v) is 6.00. The summed E-state index contributed by atoms with van der Waals surface area (Å²) < 4.78 is 1.20. The van der Waals surface area contributed by atoms with E-state index in [9.17, 15) is 4.79 Å². The lowest BCUT2D eigenvalue weighted by Gasteiger charge is -2.42. The molecule has 4 heteroatoms. The quantitative estimate of drug-likeness (QED) is 0.754. The minimum atomic E-state index is -0.479. The molecule has 1 heterocycles. The molecule has 3 nitrogen and oxygen atoms in total. The van der Waals surface area contributed by atoms with Gasteiger partial charge in [0.2, 0.25) is 5.91 Å². The van der Waals surface area contributed by atoms with Gasteiger partial charge in [0.05, 0.1) is 5.41 Å². The summed E-state index contributed by atoms with van der Waals surface area (Å²) in [5, 5.41) is 0. The average molecular weight is 422 g/mol. The molecular weight excluding hydrogens is 399 g/mol. The fourth-order valence-corrected chi connectivity index (χ4v) is 4.17. The predicted octanol–water partition coefficient (Wildman–Crippen LogP) is 3.65. The molecule has 3 rings (SSSR count). The summed E-state index contributed by atoms with van der Waals surface area (Å²) in [4.78, 5) is 14.7. The molecule has 0 saturated carbocycles. The van der Waals surface area contributed by atoms with Crippen LogP contribution in [0, 0.1) is 11.3 Å². The zero-order chi connectivity index (χ0) is 16.3. The number of piperidine rings is 1. The second kappa shape index (κ2) is 7.18. The summed E-state index contributed by atoms with van der Waals surface area (Å²) in [6.07, 6.45) is 9.07. The molecule has 1 unspecified atom stereocenters. The van der Waals surface area contributed by atoms with Crippen LogP contribution in [0.15, 0.2) is 52.1 Å². The van der Waals surface area contributed by atoms with Crippen LogP contribution in [0.1, 0.15) is 24.8 Å². The Balaban J connectivity index is 1.64. The number of nitrogens with zero attached hydrogens (tertiary/aromatic N) is 1. The molecule has 1 aliphatic carbocycles. The Bertz CT molecular complexity index is 618. The molecular formula is C19H23IN2O. The molecule has 1 amide bonds. The standard InChI is InChI=1S/C19H23IN2O/c20-17-6-10-19(11-7-17,18(21)23)16-8-12-22(13-9-16)14-15-4-2-1-3-5-15/h1-7,10,16H,8-9,11-14H2,(H2,21,23). The van der Waals surface area contributed by atoms with Crippen molar-refractivity contribution in [1.29, 1.82) is 0 Å². The first-order chi connectivity index (χ1) is 11.1. The average Bonchev–Trinajstić information content (AvgIpc) is 2.57. The van der Waals surface area contributed by atoms with Crippen molar-refractivity contribution in [3.8, 4) is 0 Å². The minimum Gasteiger partial charge on any atom is -0.369 e. The highest BCUT2D eigenvalue weighted by Crippen LogP contribution is 2.43. The van der Waals surface area contributed by atoms with Gasteiger partial charge in [-0.2, -0.15) is 0 Å². The zero-order valence-electron chi connectivity index (χ0n) is 13.2. The Morgan fingerprint density at radius 1 is 1.26 bits per heavy atom. The van der Waals surface area contributed by atoms with E-state index in [4.69, 9.17) is 5.73 Å². The summed E-state index contributed by atoms with van der Waals surface area (Å²) in [6.45, 7) is 3.05. The third-order valence-electron chi connectivity index (χ3n) is 5.20. The Kier molecular flexibility index (Phi) is 5.21. The number of amides is 1. The highest BCUT2D eigenvalue weighted by molar-refractivity contribution is 14.1. The van der Waals surface area contributed by atoms with Gasteiger partial charge >= 0.3 is 0 Å². The molecule has 1 saturated heterocycles. The van der Waals surface area contributed by atoms with Gasteiger partial charge in [-0.05, 0) is 66.4 Å². The monoisotopic (exact) mass is 422 g/mol. The van der Waals surface area contributed by atoms with E-state index < -0.39 is 5.41 Å². The van der Waals surface area contributed by atoms with E-state index in [-0.39, 0.29) is 5.91 Å². The lowest BCUT2D eigenvalue weighted by molar-refractivity contribution is -0.128. The van der Waals surface area contributed by atoms with Crippen molar-refractivity contribution in [2.45, 2.75) is 25.8 Å². The van der Waals surface area contributed by atoms with Gasteiger partial charge in [-0.15, -0.1) is 0 Å². The number of likely N-dealkylation sites (tertiary alicyclic amines) is 1. The van der Waals surface area contributed by atoms with Crippen LogP contribution in [0.3, 0.4) is 0 Å². The van der Waals surface area contributed by atoms with E-state index in [1.165, 1.54) is 9.14 Å². The first kappa shape index (κ1) is 16.7. The highest BCUT2D eigenvalue weighted by Gasteiger charge is 2.43. The van der Waals surface area contributed by atoms with Gasteiger partial charge in [-0.1, -0.05) is 48.6 Å². The largest absolute Gasteiger partial charge is 0.369 e. The Morgan fingerprint density at radius 3 is 2.52 bits per heavy atom. The number of halogens is 1. The fourth-order valence-electron chi connectivity index (χ4n) is 3.77. The van der Waals surface area contributed by atoms with E-state index in [1.807, 2.05) is 6.08 Å². The molecule has 0 aromatic heterocycles. The maximum Gasteiger partial charge on any atom is 0.228 e. The number of primary amides is 1. The van der Waals surface area contributed by atoms with Gasteiger partial charge in [0.25, 0.3) is 0 Å². The van der Waals surface area contributed by atoms with Gasteiger partial charge in [0, 0.05) is 10.1 Å². The maximum atomic E-state index is 12.2. The SMILES string of the molecule is NC(=O)C1(C2CCN(Cc3ccccc3)CC2)C=CC(I)=CC1.